The van der Waals surface area contributed by atoms with Crippen molar-refractivity contribution in [3.05, 3.63) is 23.8 Å². The number of methoxy groups -OCH3 is 1. The molecule has 5 heteroatoms. The first-order valence-electron chi connectivity index (χ1n) is 5.92. The fourth-order valence-electron chi connectivity index (χ4n) is 1.54. The lowest BCUT2D eigenvalue weighted by atomic mass is 10.2. The van der Waals surface area contributed by atoms with Crippen LogP contribution in [-0.4, -0.2) is 33.2 Å². The summed E-state index contributed by atoms with van der Waals surface area (Å²) in [7, 11) is 3.45. The number of hydrogen-bond acceptors (Lipinski definition) is 4. The quantitative estimate of drug-likeness (QED) is 0.758. The Hall–Kier alpha value is -1.75. The van der Waals surface area contributed by atoms with Crippen LogP contribution < -0.4 is 20.1 Å². The molecule has 0 aliphatic rings. The Morgan fingerprint density at radius 3 is 2.72 bits per heavy atom. The van der Waals surface area contributed by atoms with E-state index in [4.69, 9.17) is 9.47 Å². The summed E-state index contributed by atoms with van der Waals surface area (Å²) in [6.07, 6.45) is 0. The van der Waals surface area contributed by atoms with E-state index in [1.165, 1.54) is 0 Å². The molecule has 0 saturated carbocycles. The molecule has 100 valence electrons. The zero-order valence-corrected chi connectivity index (χ0v) is 11.1. The smallest absolute Gasteiger partial charge is 0.257 e. The van der Waals surface area contributed by atoms with Gasteiger partial charge in [-0.05, 0) is 31.7 Å². The number of ether oxygens (including phenoxy) is 2. The number of likely N-dealkylation sites (N-methyl/N-ethyl adjacent to an activating group) is 1. The first-order valence-corrected chi connectivity index (χ1v) is 5.92. The lowest BCUT2D eigenvalue weighted by molar-refractivity contribution is -0.123. The molecule has 1 aromatic carbocycles. The fraction of sp³-hybridized carbons (Fsp3) is 0.462. The van der Waals surface area contributed by atoms with Gasteiger partial charge in [0.25, 0.3) is 5.91 Å². The topological polar surface area (TPSA) is 59.6 Å². The van der Waals surface area contributed by atoms with Crippen molar-refractivity contribution in [1.82, 2.24) is 10.6 Å². The second-order valence-corrected chi connectivity index (χ2v) is 3.76. The molecular formula is C13H20N2O3. The van der Waals surface area contributed by atoms with Crippen molar-refractivity contribution in [1.29, 1.82) is 0 Å². The highest BCUT2D eigenvalue weighted by Crippen LogP contribution is 2.27. The number of carbonyl (C=O) groups excluding carboxylic acids is 1. The van der Waals surface area contributed by atoms with Crippen LogP contribution >= 0.6 is 0 Å². The molecule has 5 nitrogen and oxygen atoms in total. The van der Waals surface area contributed by atoms with E-state index < -0.39 is 0 Å². The number of carbonyl (C=O) groups is 1. The highest BCUT2D eigenvalue weighted by molar-refractivity contribution is 5.77. The monoisotopic (exact) mass is 252 g/mol. The van der Waals surface area contributed by atoms with Crippen LogP contribution in [0.3, 0.4) is 0 Å². The van der Waals surface area contributed by atoms with E-state index in [1.54, 1.807) is 7.11 Å². The van der Waals surface area contributed by atoms with Crippen molar-refractivity contribution in [2.45, 2.75) is 13.5 Å². The van der Waals surface area contributed by atoms with E-state index in [9.17, 15) is 4.79 Å². The molecule has 0 bridgehead atoms. The van der Waals surface area contributed by atoms with Gasteiger partial charge in [-0.1, -0.05) is 6.07 Å². The van der Waals surface area contributed by atoms with Gasteiger partial charge < -0.3 is 20.1 Å². The van der Waals surface area contributed by atoms with Crippen molar-refractivity contribution in [2.75, 3.05) is 27.3 Å². The van der Waals surface area contributed by atoms with E-state index in [0.29, 0.717) is 18.0 Å². The summed E-state index contributed by atoms with van der Waals surface area (Å²) in [6.45, 7) is 3.19. The van der Waals surface area contributed by atoms with Crippen LogP contribution in [0.25, 0.3) is 0 Å². The Morgan fingerprint density at radius 2 is 2.11 bits per heavy atom. The molecule has 1 amide bonds. The second-order valence-electron chi connectivity index (χ2n) is 3.76. The molecule has 0 heterocycles. The van der Waals surface area contributed by atoms with E-state index in [2.05, 4.69) is 10.6 Å². The van der Waals surface area contributed by atoms with Gasteiger partial charge in [0, 0.05) is 13.1 Å². The average Bonchev–Trinajstić information content (AvgIpc) is 2.37. The van der Waals surface area contributed by atoms with E-state index >= 15 is 0 Å². The summed E-state index contributed by atoms with van der Waals surface area (Å²) < 4.78 is 10.7. The third-order valence-corrected chi connectivity index (χ3v) is 2.34. The van der Waals surface area contributed by atoms with Crippen LogP contribution in [0, 0.1) is 0 Å². The number of rotatable bonds is 7. The summed E-state index contributed by atoms with van der Waals surface area (Å²) in [5, 5.41) is 5.73. The molecule has 0 spiro atoms. The van der Waals surface area contributed by atoms with Gasteiger partial charge in [0.1, 0.15) is 0 Å². The third kappa shape index (κ3) is 4.25. The Balaban J connectivity index is 2.71. The average molecular weight is 252 g/mol. The standard InChI is InChI=1S/C13H20N2O3/c1-4-15-13(16)9-18-12-7-10(8-14-2)5-6-11(12)17-3/h5-7,14H,4,8-9H2,1-3H3,(H,15,16). The summed E-state index contributed by atoms with van der Waals surface area (Å²) in [6, 6.07) is 5.66. The minimum Gasteiger partial charge on any atom is -0.493 e. The van der Waals surface area contributed by atoms with Crippen LogP contribution in [0.4, 0.5) is 0 Å². The SMILES string of the molecule is CCNC(=O)COc1cc(CNC)ccc1OC. The Kier molecular flexibility index (Phi) is 6.00. The van der Waals surface area contributed by atoms with Crippen molar-refractivity contribution < 1.29 is 14.3 Å². The van der Waals surface area contributed by atoms with Gasteiger partial charge in [-0.15, -0.1) is 0 Å². The van der Waals surface area contributed by atoms with Gasteiger partial charge >= 0.3 is 0 Å². The maximum atomic E-state index is 11.3. The van der Waals surface area contributed by atoms with E-state index in [0.717, 1.165) is 12.1 Å². The maximum Gasteiger partial charge on any atom is 0.257 e. The van der Waals surface area contributed by atoms with Crippen LogP contribution in [0.2, 0.25) is 0 Å². The highest BCUT2D eigenvalue weighted by atomic mass is 16.5. The maximum absolute atomic E-state index is 11.3. The van der Waals surface area contributed by atoms with Gasteiger partial charge in [-0.3, -0.25) is 4.79 Å². The Bertz CT molecular complexity index is 394. The summed E-state index contributed by atoms with van der Waals surface area (Å²) in [4.78, 5) is 11.3. The number of hydrogen-bond donors (Lipinski definition) is 2. The van der Waals surface area contributed by atoms with Crippen LogP contribution in [0.1, 0.15) is 12.5 Å². The van der Waals surface area contributed by atoms with Crippen LogP contribution in [-0.2, 0) is 11.3 Å². The first-order chi connectivity index (χ1) is 8.71. The lowest BCUT2D eigenvalue weighted by Crippen LogP contribution is -2.28. The molecule has 1 rings (SSSR count). The summed E-state index contributed by atoms with van der Waals surface area (Å²) >= 11 is 0. The van der Waals surface area contributed by atoms with Crippen molar-refractivity contribution in [3.63, 3.8) is 0 Å². The van der Waals surface area contributed by atoms with Crippen molar-refractivity contribution in [3.8, 4) is 11.5 Å². The molecule has 0 aliphatic carbocycles. The molecule has 0 radical (unpaired) electrons. The number of amides is 1. The largest absolute Gasteiger partial charge is 0.493 e. The second kappa shape index (κ2) is 7.55. The molecule has 0 atom stereocenters. The van der Waals surface area contributed by atoms with Gasteiger partial charge in [-0.2, -0.15) is 0 Å². The molecule has 0 fully saturated rings. The predicted octanol–water partition coefficient (Wildman–Crippen LogP) is 0.929. The fourth-order valence-corrected chi connectivity index (χ4v) is 1.54. The van der Waals surface area contributed by atoms with E-state index in [-0.39, 0.29) is 12.5 Å². The van der Waals surface area contributed by atoms with Crippen molar-refractivity contribution in [2.24, 2.45) is 0 Å². The molecule has 0 unspecified atom stereocenters. The molecule has 0 saturated heterocycles. The lowest BCUT2D eigenvalue weighted by Gasteiger charge is -2.12. The zero-order chi connectivity index (χ0) is 13.4. The molecule has 0 aromatic heterocycles. The molecule has 2 N–H and O–H groups in total. The highest BCUT2D eigenvalue weighted by Gasteiger charge is 2.08. The van der Waals surface area contributed by atoms with Gasteiger partial charge in [0.05, 0.1) is 7.11 Å². The van der Waals surface area contributed by atoms with Crippen LogP contribution in [0.15, 0.2) is 18.2 Å². The Morgan fingerprint density at radius 1 is 1.33 bits per heavy atom. The summed E-state index contributed by atoms with van der Waals surface area (Å²) in [5.74, 6) is 1.06. The number of nitrogens with one attached hydrogen (secondary N) is 2. The first kappa shape index (κ1) is 14.3. The van der Waals surface area contributed by atoms with Crippen molar-refractivity contribution >= 4 is 5.91 Å². The minimum atomic E-state index is -0.140. The molecule has 1 aromatic rings. The molecule has 0 aliphatic heterocycles. The minimum absolute atomic E-state index is 0.00674. The van der Waals surface area contributed by atoms with Crippen LogP contribution in [0.5, 0.6) is 11.5 Å². The molecular weight excluding hydrogens is 232 g/mol. The van der Waals surface area contributed by atoms with Gasteiger partial charge in [-0.25, -0.2) is 0 Å². The van der Waals surface area contributed by atoms with Gasteiger partial charge in [0.2, 0.25) is 0 Å². The molecule has 18 heavy (non-hydrogen) atoms. The van der Waals surface area contributed by atoms with Gasteiger partial charge in [0.15, 0.2) is 18.1 Å². The number of benzene rings is 1. The summed E-state index contributed by atoms with van der Waals surface area (Å²) in [5.41, 5.74) is 1.07. The predicted molar refractivity (Wildman–Crippen MR) is 69.9 cm³/mol. The van der Waals surface area contributed by atoms with E-state index in [1.807, 2.05) is 32.2 Å². The Labute approximate surface area is 107 Å². The zero-order valence-electron chi connectivity index (χ0n) is 11.1. The normalized spacial score (nSPS) is 9.94. The third-order valence-electron chi connectivity index (χ3n) is 2.34.